The molecule has 3 N–H and O–H groups in total. The molecule has 0 spiro atoms. The molecular weight excluding hydrogens is 563 g/mol. The molecule has 0 radical (unpaired) electrons. The molecule has 0 atom stereocenters. The number of pyridine rings is 2. The van der Waals surface area contributed by atoms with Crippen molar-refractivity contribution in [1.82, 2.24) is 25.5 Å². The number of nitrogens with zero attached hydrogens (tertiary/aromatic N) is 3. The number of aromatic carboxylic acids is 1. The molecule has 43 heavy (non-hydrogen) atoms. The van der Waals surface area contributed by atoms with Crippen molar-refractivity contribution in [3.63, 3.8) is 0 Å². The summed E-state index contributed by atoms with van der Waals surface area (Å²) in [6.07, 6.45) is 3.31. The Bertz CT molecular complexity index is 1640. The summed E-state index contributed by atoms with van der Waals surface area (Å²) in [6.45, 7) is 1.83. The molecule has 1 fully saturated rings. The lowest BCUT2D eigenvalue weighted by atomic mass is 9.89. The minimum atomic E-state index is -4.46. The fourth-order valence-corrected chi connectivity index (χ4v) is 4.90. The summed E-state index contributed by atoms with van der Waals surface area (Å²) in [5, 5.41) is 19.4. The van der Waals surface area contributed by atoms with E-state index in [4.69, 9.17) is 4.74 Å². The molecule has 1 aliphatic carbocycles. The van der Waals surface area contributed by atoms with E-state index in [9.17, 15) is 27.9 Å². The molecule has 1 aliphatic rings. The lowest BCUT2D eigenvalue weighted by Crippen LogP contribution is -2.36. The minimum Gasteiger partial charge on any atom is -0.478 e. The van der Waals surface area contributed by atoms with Crippen LogP contribution in [0.1, 0.15) is 70.1 Å². The van der Waals surface area contributed by atoms with Crippen molar-refractivity contribution in [3.05, 3.63) is 94.4 Å². The van der Waals surface area contributed by atoms with E-state index in [0.717, 1.165) is 43.5 Å². The summed E-state index contributed by atoms with van der Waals surface area (Å²) in [5.41, 5.74) is 2.81. The number of carbonyl (C=O) groups is 2. The number of H-pyrrole nitrogens is 1. The number of halogens is 3. The third-order valence-electron chi connectivity index (χ3n) is 7.15. The zero-order valence-electron chi connectivity index (χ0n) is 23.1. The minimum absolute atomic E-state index is 0.0122. The average Bonchev–Trinajstić information content (AvgIpc) is 3.43. The van der Waals surface area contributed by atoms with E-state index >= 15 is 0 Å². The van der Waals surface area contributed by atoms with Crippen LogP contribution in [0.4, 0.5) is 13.2 Å². The van der Waals surface area contributed by atoms with Crippen LogP contribution in [0.3, 0.4) is 0 Å². The number of amides is 1. The molecule has 3 heterocycles. The van der Waals surface area contributed by atoms with Crippen LogP contribution in [-0.4, -0.2) is 43.2 Å². The van der Waals surface area contributed by atoms with Gasteiger partial charge in [-0.25, -0.2) is 9.78 Å². The number of benzene rings is 1. The van der Waals surface area contributed by atoms with E-state index in [2.05, 4.69) is 31.6 Å². The van der Waals surface area contributed by atoms with Crippen LogP contribution >= 0.6 is 0 Å². The van der Waals surface area contributed by atoms with Gasteiger partial charge in [-0.15, -0.1) is 0 Å². The smallest absolute Gasteiger partial charge is 0.417 e. The monoisotopic (exact) mass is 591 g/mol. The highest BCUT2D eigenvalue weighted by Crippen LogP contribution is 2.31. The lowest BCUT2D eigenvalue weighted by Gasteiger charge is -2.25. The van der Waals surface area contributed by atoms with Gasteiger partial charge in [0.15, 0.2) is 0 Å². The number of aromatic amines is 1. The molecule has 0 saturated heterocycles. The number of alkyl halides is 3. The zero-order valence-corrected chi connectivity index (χ0v) is 23.1. The summed E-state index contributed by atoms with van der Waals surface area (Å²) < 4.78 is 43.9. The van der Waals surface area contributed by atoms with E-state index in [1.165, 1.54) is 17.8 Å². The van der Waals surface area contributed by atoms with Crippen molar-refractivity contribution in [3.8, 4) is 23.0 Å². The first-order valence-electron chi connectivity index (χ1n) is 13.7. The van der Waals surface area contributed by atoms with E-state index in [1.807, 2.05) is 13.0 Å². The molecular formula is C31H28F3N5O4. The Balaban J connectivity index is 1.15. The van der Waals surface area contributed by atoms with Gasteiger partial charge in [0.2, 0.25) is 5.88 Å². The molecule has 3 aromatic heterocycles. The van der Waals surface area contributed by atoms with Gasteiger partial charge >= 0.3 is 12.1 Å². The fraction of sp³-hybridized carbons (Fsp3) is 0.258. The van der Waals surface area contributed by atoms with Gasteiger partial charge in [0.25, 0.3) is 5.91 Å². The number of aryl methyl sites for hydroxylation is 1. The van der Waals surface area contributed by atoms with Crippen LogP contribution in [-0.2, 0) is 12.6 Å². The van der Waals surface area contributed by atoms with Crippen molar-refractivity contribution in [2.24, 2.45) is 0 Å². The summed E-state index contributed by atoms with van der Waals surface area (Å²) in [5.74, 6) is -0.825. The normalized spacial score (nSPS) is 15.2. The molecule has 1 aromatic carbocycles. The van der Waals surface area contributed by atoms with Crippen LogP contribution in [0.15, 0.2) is 66.5 Å². The largest absolute Gasteiger partial charge is 0.478 e. The number of allylic oxidation sites excluding steroid dienone is 1. The van der Waals surface area contributed by atoms with Crippen LogP contribution in [0.5, 0.6) is 11.6 Å². The molecule has 12 heteroatoms. The second kappa shape index (κ2) is 12.5. The topological polar surface area (TPSA) is 130 Å². The number of carboxylic acids is 1. The van der Waals surface area contributed by atoms with Gasteiger partial charge in [0, 0.05) is 24.5 Å². The highest BCUT2D eigenvalue weighted by atomic mass is 19.4. The molecule has 222 valence electrons. The van der Waals surface area contributed by atoms with Gasteiger partial charge in [-0.05, 0) is 68.0 Å². The second-order valence-electron chi connectivity index (χ2n) is 10.1. The first-order chi connectivity index (χ1) is 20.6. The Morgan fingerprint density at radius 2 is 1.88 bits per heavy atom. The molecule has 9 nitrogen and oxygen atoms in total. The lowest BCUT2D eigenvalue weighted by molar-refractivity contribution is -0.137. The Morgan fingerprint density at radius 1 is 1.09 bits per heavy atom. The average molecular weight is 592 g/mol. The molecule has 0 aliphatic heterocycles. The van der Waals surface area contributed by atoms with Crippen LogP contribution in [0.25, 0.3) is 17.5 Å². The van der Waals surface area contributed by atoms with Crippen molar-refractivity contribution in [2.75, 3.05) is 0 Å². The summed E-state index contributed by atoms with van der Waals surface area (Å²) in [6, 6.07) is 12.5. The van der Waals surface area contributed by atoms with E-state index < -0.39 is 17.7 Å². The summed E-state index contributed by atoms with van der Waals surface area (Å²) in [7, 11) is 0. The number of hydrogen-bond acceptors (Lipinski definition) is 6. The standard InChI is InChI=1S/C31H28F3N5O4/c1-2-24-27(30(41)42)28(39-38-24)25-12-8-20(16-35-25)29(40)37-22-10-6-18(7-11-22)14-19-4-3-5-23(15-19)43-26-13-9-21(17-36-26)31(32,33)34/h3-5,8-9,12-17,22H,2,6-7,10-11H2,1H3,(H,37,40)(H,38,39)(H,41,42). The van der Waals surface area contributed by atoms with Gasteiger partial charge in [0.05, 0.1) is 22.5 Å². The van der Waals surface area contributed by atoms with Gasteiger partial charge in [-0.1, -0.05) is 30.7 Å². The third kappa shape index (κ3) is 7.08. The molecule has 1 saturated carbocycles. The number of nitrogens with one attached hydrogen (secondary N) is 2. The Hall–Kier alpha value is -5.00. The number of aromatic nitrogens is 4. The Labute approximate surface area is 244 Å². The van der Waals surface area contributed by atoms with Crippen LogP contribution in [0.2, 0.25) is 0 Å². The third-order valence-corrected chi connectivity index (χ3v) is 7.15. The first kappa shape index (κ1) is 29.5. The quantitative estimate of drug-likeness (QED) is 0.208. The van der Waals surface area contributed by atoms with Crippen molar-refractivity contribution in [1.29, 1.82) is 0 Å². The van der Waals surface area contributed by atoms with E-state index in [0.29, 0.717) is 29.1 Å². The predicted molar refractivity (Wildman–Crippen MR) is 152 cm³/mol. The zero-order chi connectivity index (χ0) is 30.6. The molecule has 0 unspecified atom stereocenters. The highest BCUT2D eigenvalue weighted by molar-refractivity contribution is 5.96. The molecule has 1 amide bonds. The predicted octanol–water partition coefficient (Wildman–Crippen LogP) is 6.69. The van der Waals surface area contributed by atoms with Crippen LogP contribution < -0.4 is 10.1 Å². The Kier molecular flexibility index (Phi) is 8.56. The first-order valence-corrected chi connectivity index (χ1v) is 13.7. The van der Waals surface area contributed by atoms with Crippen molar-refractivity contribution in [2.45, 2.75) is 51.2 Å². The maximum atomic E-state index is 12.9. The Morgan fingerprint density at radius 3 is 2.51 bits per heavy atom. The number of hydrogen-bond donors (Lipinski definition) is 3. The summed E-state index contributed by atoms with van der Waals surface area (Å²) >= 11 is 0. The SMILES string of the molecule is CCc1[nH]nc(-c2ccc(C(=O)NC3CCC(=Cc4cccc(Oc5ccc(C(F)(F)F)cn5)c4)CC3)cn2)c1C(=O)O. The van der Waals surface area contributed by atoms with Gasteiger partial charge in [-0.3, -0.25) is 14.9 Å². The van der Waals surface area contributed by atoms with E-state index in [1.54, 1.807) is 30.3 Å². The molecule has 4 aromatic rings. The van der Waals surface area contributed by atoms with E-state index in [-0.39, 0.29) is 29.1 Å². The van der Waals surface area contributed by atoms with Crippen molar-refractivity contribution >= 4 is 18.0 Å². The maximum absolute atomic E-state index is 12.9. The van der Waals surface area contributed by atoms with Crippen molar-refractivity contribution < 1.29 is 32.6 Å². The second-order valence-corrected chi connectivity index (χ2v) is 10.1. The highest BCUT2D eigenvalue weighted by Gasteiger charge is 2.30. The fourth-order valence-electron chi connectivity index (χ4n) is 4.90. The van der Waals surface area contributed by atoms with Gasteiger partial charge in [-0.2, -0.15) is 18.3 Å². The summed E-state index contributed by atoms with van der Waals surface area (Å²) in [4.78, 5) is 32.6. The van der Waals surface area contributed by atoms with Gasteiger partial charge in [0.1, 0.15) is 17.0 Å². The number of carbonyl (C=O) groups excluding carboxylic acids is 1. The number of ether oxygens (including phenoxy) is 1. The molecule has 5 rings (SSSR count). The maximum Gasteiger partial charge on any atom is 0.417 e. The van der Waals surface area contributed by atoms with Crippen LogP contribution in [0, 0.1) is 0 Å². The number of carboxylic acid groups (broad SMARTS) is 1. The number of rotatable bonds is 8. The molecule has 0 bridgehead atoms. The van der Waals surface area contributed by atoms with Gasteiger partial charge < -0.3 is 15.2 Å².